The quantitative estimate of drug-likeness (QED) is 0.611. The van der Waals surface area contributed by atoms with Crippen molar-refractivity contribution in [1.29, 1.82) is 0 Å². The predicted octanol–water partition coefficient (Wildman–Crippen LogP) is 1.33. The van der Waals surface area contributed by atoms with Crippen molar-refractivity contribution < 1.29 is 9.66 Å². The van der Waals surface area contributed by atoms with Gasteiger partial charge in [0.15, 0.2) is 5.75 Å². The minimum Gasteiger partial charge on any atom is -0.490 e. The lowest BCUT2D eigenvalue weighted by Gasteiger charge is -2.06. The van der Waals surface area contributed by atoms with E-state index < -0.39 is 4.92 Å². The van der Waals surface area contributed by atoms with Gasteiger partial charge in [-0.05, 0) is 6.07 Å². The zero-order valence-electron chi connectivity index (χ0n) is 9.58. The fourth-order valence-corrected chi connectivity index (χ4v) is 1.44. The molecule has 0 aliphatic rings. The molecular formula is C10H11N5O3. The van der Waals surface area contributed by atoms with Crippen LogP contribution in [0.1, 0.15) is 5.82 Å². The Morgan fingerprint density at radius 2 is 2.39 bits per heavy atom. The monoisotopic (exact) mass is 249 g/mol. The van der Waals surface area contributed by atoms with E-state index in [1.807, 2.05) is 0 Å². The van der Waals surface area contributed by atoms with Crippen molar-refractivity contribution in [3.05, 3.63) is 40.5 Å². The summed E-state index contributed by atoms with van der Waals surface area (Å²) in [7, 11) is 1.39. The maximum Gasteiger partial charge on any atom is 0.311 e. The lowest BCUT2D eigenvalue weighted by atomic mass is 10.2. The number of hydrogen-bond donors (Lipinski definition) is 2. The molecule has 2 rings (SSSR count). The van der Waals surface area contributed by atoms with E-state index in [4.69, 9.17) is 4.74 Å². The smallest absolute Gasteiger partial charge is 0.311 e. The minimum absolute atomic E-state index is 0.0669. The normalized spacial score (nSPS) is 10.1. The highest BCUT2D eigenvalue weighted by Gasteiger charge is 2.14. The Hall–Kier alpha value is -2.64. The Morgan fingerprint density at radius 3 is 3.00 bits per heavy atom. The van der Waals surface area contributed by atoms with Gasteiger partial charge in [0.05, 0.1) is 18.6 Å². The number of methoxy groups -OCH3 is 1. The van der Waals surface area contributed by atoms with E-state index in [1.165, 1.54) is 19.5 Å². The van der Waals surface area contributed by atoms with E-state index in [2.05, 4.69) is 20.5 Å². The summed E-state index contributed by atoms with van der Waals surface area (Å²) >= 11 is 0. The molecule has 0 unspecified atom stereocenters. The number of nitro groups is 1. The van der Waals surface area contributed by atoms with E-state index in [0.717, 1.165) is 0 Å². The zero-order chi connectivity index (χ0) is 13.0. The van der Waals surface area contributed by atoms with Crippen LogP contribution in [0.25, 0.3) is 0 Å². The van der Waals surface area contributed by atoms with Crippen LogP contribution in [0.5, 0.6) is 5.75 Å². The van der Waals surface area contributed by atoms with Crippen molar-refractivity contribution in [3.63, 3.8) is 0 Å². The molecule has 0 saturated heterocycles. The van der Waals surface area contributed by atoms with Crippen LogP contribution in [0.2, 0.25) is 0 Å². The Labute approximate surface area is 102 Å². The molecule has 1 heterocycles. The molecule has 8 nitrogen and oxygen atoms in total. The van der Waals surface area contributed by atoms with Crippen LogP contribution >= 0.6 is 0 Å². The van der Waals surface area contributed by atoms with Gasteiger partial charge in [0.2, 0.25) is 0 Å². The lowest BCUT2D eigenvalue weighted by molar-refractivity contribution is -0.385. The molecule has 18 heavy (non-hydrogen) atoms. The number of nitro benzene ring substituents is 1. The second-order valence-corrected chi connectivity index (χ2v) is 3.43. The molecule has 1 aromatic carbocycles. The van der Waals surface area contributed by atoms with Crippen molar-refractivity contribution in [2.45, 2.75) is 6.54 Å². The van der Waals surface area contributed by atoms with Crippen LogP contribution in [0.15, 0.2) is 24.5 Å². The topological polar surface area (TPSA) is 106 Å². The van der Waals surface area contributed by atoms with E-state index in [1.54, 1.807) is 12.1 Å². The number of ether oxygens (including phenoxy) is 1. The molecule has 8 heteroatoms. The number of aromatic amines is 1. The van der Waals surface area contributed by atoms with E-state index in [9.17, 15) is 10.1 Å². The second-order valence-electron chi connectivity index (χ2n) is 3.43. The predicted molar refractivity (Wildman–Crippen MR) is 63.4 cm³/mol. The molecule has 2 aromatic rings. The van der Waals surface area contributed by atoms with Crippen LogP contribution in [0.3, 0.4) is 0 Å². The Morgan fingerprint density at radius 1 is 1.56 bits per heavy atom. The molecular weight excluding hydrogens is 238 g/mol. The molecule has 0 bridgehead atoms. The number of aromatic nitrogens is 3. The molecule has 0 spiro atoms. The SMILES string of the molecule is COc1cc(NCc2ncn[nH]2)ccc1[N+](=O)[O-]. The van der Waals surface area contributed by atoms with E-state index >= 15 is 0 Å². The zero-order valence-corrected chi connectivity index (χ0v) is 9.58. The molecule has 0 saturated carbocycles. The van der Waals surface area contributed by atoms with Crippen LogP contribution in [0, 0.1) is 10.1 Å². The average molecular weight is 249 g/mol. The Bertz CT molecular complexity index is 540. The van der Waals surface area contributed by atoms with Gasteiger partial charge in [-0.3, -0.25) is 15.2 Å². The standard InChI is InChI=1S/C10H11N5O3/c1-18-9-4-7(2-3-8(9)15(16)17)11-5-10-12-6-13-14-10/h2-4,6,11H,5H2,1H3,(H,12,13,14). The average Bonchev–Trinajstić information content (AvgIpc) is 2.88. The third-order valence-electron chi connectivity index (χ3n) is 2.30. The summed E-state index contributed by atoms with van der Waals surface area (Å²) in [5.74, 6) is 0.884. The number of hydrogen-bond acceptors (Lipinski definition) is 6. The van der Waals surface area contributed by atoms with Gasteiger partial charge in [-0.25, -0.2) is 4.98 Å². The summed E-state index contributed by atoms with van der Waals surface area (Å²) in [5, 5.41) is 20.2. The first-order valence-corrected chi connectivity index (χ1v) is 5.11. The van der Waals surface area contributed by atoms with Crippen LogP contribution < -0.4 is 10.1 Å². The van der Waals surface area contributed by atoms with Crippen molar-refractivity contribution in [1.82, 2.24) is 15.2 Å². The Kier molecular flexibility index (Phi) is 3.37. The number of nitrogens with zero attached hydrogens (tertiary/aromatic N) is 3. The summed E-state index contributed by atoms with van der Waals surface area (Å²) in [6, 6.07) is 4.56. The van der Waals surface area contributed by atoms with Gasteiger partial charge in [-0.15, -0.1) is 0 Å². The summed E-state index contributed by atoms with van der Waals surface area (Å²) in [6.45, 7) is 0.445. The third kappa shape index (κ3) is 2.54. The molecule has 0 radical (unpaired) electrons. The molecule has 0 aliphatic carbocycles. The number of H-pyrrole nitrogens is 1. The maximum absolute atomic E-state index is 10.7. The highest BCUT2D eigenvalue weighted by atomic mass is 16.6. The third-order valence-corrected chi connectivity index (χ3v) is 2.30. The van der Waals surface area contributed by atoms with Crippen molar-refractivity contribution in [3.8, 4) is 5.75 Å². The first-order chi connectivity index (χ1) is 8.70. The lowest BCUT2D eigenvalue weighted by Crippen LogP contribution is -2.02. The molecule has 0 aliphatic heterocycles. The molecule has 94 valence electrons. The van der Waals surface area contributed by atoms with Gasteiger partial charge in [-0.2, -0.15) is 5.10 Å². The van der Waals surface area contributed by atoms with Crippen LogP contribution in [-0.4, -0.2) is 27.2 Å². The summed E-state index contributed by atoms with van der Waals surface area (Å²) < 4.78 is 4.97. The van der Waals surface area contributed by atoms with Gasteiger partial charge in [0.25, 0.3) is 0 Å². The number of anilines is 1. The van der Waals surface area contributed by atoms with Gasteiger partial charge in [-0.1, -0.05) is 0 Å². The van der Waals surface area contributed by atoms with Crippen LogP contribution in [0.4, 0.5) is 11.4 Å². The van der Waals surface area contributed by atoms with Gasteiger partial charge < -0.3 is 10.1 Å². The van der Waals surface area contributed by atoms with Gasteiger partial charge in [0.1, 0.15) is 12.2 Å². The summed E-state index contributed by atoms with van der Waals surface area (Å²) in [5.41, 5.74) is 0.636. The van der Waals surface area contributed by atoms with E-state index in [0.29, 0.717) is 18.1 Å². The molecule has 0 fully saturated rings. The van der Waals surface area contributed by atoms with Crippen molar-refractivity contribution in [2.75, 3.05) is 12.4 Å². The minimum atomic E-state index is -0.487. The molecule has 2 N–H and O–H groups in total. The van der Waals surface area contributed by atoms with Gasteiger partial charge in [0, 0.05) is 17.8 Å². The van der Waals surface area contributed by atoms with E-state index in [-0.39, 0.29) is 11.4 Å². The second kappa shape index (κ2) is 5.13. The maximum atomic E-state index is 10.7. The summed E-state index contributed by atoms with van der Waals surface area (Å²) in [4.78, 5) is 14.2. The fourth-order valence-electron chi connectivity index (χ4n) is 1.44. The Balaban J connectivity index is 2.12. The van der Waals surface area contributed by atoms with Crippen LogP contribution in [-0.2, 0) is 6.54 Å². The summed E-state index contributed by atoms with van der Waals surface area (Å²) in [6.07, 6.45) is 1.41. The van der Waals surface area contributed by atoms with Crippen molar-refractivity contribution >= 4 is 11.4 Å². The molecule has 1 aromatic heterocycles. The number of rotatable bonds is 5. The van der Waals surface area contributed by atoms with Crippen molar-refractivity contribution in [2.24, 2.45) is 0 Å². The number of nitrogens with one attached hydrogen (secondary N) is 2. The van der Waals surface area contributed by atoms with Gasteiger partial charge >= 0.3 is 5.69 Å². The molecule has 0 atom stereocenters. The number of benzene rings is 1. The highest BCUT2D eigenvalue weighted by molar-refractivity contribution is 5.57. The fraction of sp³-hybridized carbons (Fsp3) is 0.200. The molecule has 0 amide bonds. The highest BCUT2D eigenvalue weighted by Crippen LogP contribution is 2.29. The first-order valence-electron chi connectivity index (χ1n) is 5.11. The first kappa shape index (κ1) is 11.8. The largest absolute Gasteiger partial charge is 0.490 e.